The molecule has 0 unspecified atom stereocenters. The van der Waals surface area contributed by atoms with Crippen LogP contribution in [-0.4, -0.2) is 45.8 Å². The maximum Gasteiger partial charge on any atom is 0.315 e. The fourth-order valence-electron chi connectivity index (χ4n) is 3.08. The van der Waals surface area contributed by atoms with Gasteiger partial charge >= 0.3 is 6.03 Å². The summed E-state index contributed by atoms with van der Waals surface area (Å²) in [6.07, 6.45) is 0. The lowest BCUT2D eigenvalue weighted by Gasteiger charge is -2.28. The number of benzene rings is 2. The van der Waals surface area contributed by atoms with E-state index in [1.165, 1.54) is 0 Å². The van der Waals surface area contributed by atoms with Crippen LogP contribution in [0.4, 0.5) is 10.5 Å². The molecule has 1 fully saturated rings. The average Bonchev–Trinajstić information content (AvgIpc) is 2.76. The van der Waals surface area contributed by atoms with Gasteiger partial charge < -0.3 is 30.3 Å². The minimum absolute atomic E-state index is 0.0346. The maximum atomic E-state index is 12.1. The molecule has 0 radical (unpaired) electrons. The molecule has 0 spiro atoms. The molecule has 3 amide bonds. The van der Waals surface area contributed by atoms with Gasteiger partial charge in [-0.3, -0.25) is 4.79 Å². The number of hydrogen-bond donors (Lipinski definition) is 3. The Kier molecular flexibility index (Phi) is 6.78. The molecule has 0 atom stereocenters. The number of amides is 3. The molecule has 0 saturated carbocycles. The number of rotatable bonds is 7. The highest BCUT2D eigenvalue weighted by molar-refractivity contribution is 5.82. The number of methoxy groups -OCH3 is 2. The molecule has 29 heavy (non-hydrogen) atoms. The molecular weight excluding hydrogens is 372 g/mol. The average molecular weight is 398 g/mol. The van der Waals surface area contributed by atoms with E-state index in [4.69, 9.17) is 9.47 Å². The third-order valence-corrected chi connectivity index (χ3v) is 4.66. The van der Waals surface area contributed by atoms with Crippen molar-refractivity contribution in [3.63, 3.8) is 0 Å². The van der Waals surface area contributed by atoms with Crippen LogP contribution in [0.25, 0.3) is 0 Å². The van der Waals surface area contributed by atoms with Crippen molar-refractivity contribution in [1.82, 2.24) is 16.0 Å². The lowest BCUT2D eigenvalue weighted by atomic mass is 10.2. The van der Waals surface area contributed by atoms with Gasteiger partial charge in [0.25, 0.3) is 0 Å². The van der Waals surface area contributed by atoms with E-state index in [9.17, 15) is 9.59 Å². The summed E-state index contributed by atoms with van der Waals surface area (Å²) in [6.45, 7) is 2.58. The molecule has 1 saturated heterocycles. The fraction of sp³-hybridized carbons (Fsp3) is 0.333. The van der Waals surface area contributed by atoms with Crippen molar-refractivity contribution in [2.45, 2.75) is 13.1 Å². The summed E-state index contributed by atoms with van der Waals surface area (Å²) in [5, 5.41) is 8.48. The molecule has 3 rings (SSSR count). The van der Waals surface area contributed by atoms with Gasteiger partial charge in [-0.15, -0.1) is 0 Å². The molecule has 1 aliphatic rings. The highest BCUT2D eigenvalue weighted by Gasteiger charge is 2.16. The van der Waals surface area contributed by atoms with Gasteiger partial charge in [0.2, 0.25) is 5.91 Å². The zero-order valence-corrected chi connectivity index (χ0v) is 16.7. The molecule has 154 valence electrons. The number of hydrogen-bond acceptors (Lipinski definition) is 5. The van der Waals surface area contributed by atoms with Gasteiger partial charge in [-0.05, 0) is 35.4 Å². The number of nitrogens with zero attached hydrogens (tertiary/aromatic N) is 1. The Bertz CT molecular complexity index is 832. The van der Waals surface area contributed by atoms with Crippen LogP contribution in [0.15, 0.2) is 42.5 Å². The van der Waals surface area contributed by atoms with E-state index in [0.29, 0.717) is 37.7 Å². The molecule has 3 N–H and O–H groups in total. The van der Waals surface area contributed by atoms with Crippen LogP contribution in [0.5, 0.6) is 11.5 Å². The van der Waals surface area contributed by atoms with Crippen LogP contribution in [-0.2, 0) is 17.9 Å². The summed E-state index contributed by atoms with van der Waals surface area (Å²) in [5.74, 6) is 1.38. The molecule has 2 aromatic carbocycles. The molecule has 2 aromatic rings. The van der Waals surface area contributed by atoms with E-state index < -0.39 is 0 Å². The van der Waals surface area contributed by atoms with Crippen molar-refractivity contribution < 1.29 is 19.1 Å². The number of anilines is 1. The standard InChI is InChI=1S/C21H26N4O4/c1-28-18-9-16(10-19(11-18)29-2)13-24-21(27)23-12-15-3-5-17(6-4-15)25-8-7-22-20(26)14-25/h3-6,9-11H,7-8,12-14H2,1-2H3,(H,22,26)(H2,23,24,27). The topological polar surface area (TPSA) is 91.9 Å². The van der Waals surface area contributed by atoms with E-state index >= 15 is 0 Å². The van der Waals surface area contributed by atoms with Gasteiger partial charge in [0, 0.05) is 37.9 Å². The lowest BCUT2D eigenvalue weighted by molar-refractivity contribution is -0.120. The minimum atomic E-state index is -0.261. The Morgan fingerprint density at radius 1 is 1.00 bits per heavy atom. The van der Waals surface area contributed by atoms with E-state index in [1.807, 2.05) is 41.3 Å². The fourth-order valence-corrected chi connectivity index (χ4v) is 3.08. The summed E-state index contributed by atoms with van der Waals surface area (Å²) < 4.78 is 10.5. The Labute approximate surface area is 170 Å². The summed E-state index contributed by atoms with van der Waals surface area (Å²) in [7, 11) is 3.17. The van der Waals surface area contributed by atoms with Gasteiger partial charge in [0.05, 0.1) is 20.8 Å². The second kappa shape index (κ2) is 9.68. The Morgan fingerprint density at radius 3 is 2.21 bits per heavy atom. The van der Waals surface area contributed by atoms with Crippen LogP contribution in [0.2, 0.25) is 0 Å². The van der Waals surface area contributed by atoms with Crippen LogP contribution in [0, 0.1) is 0 Å². The van der Waals surface area contributed by atoms with Crippen molar-refractivity contribution >= 4 is 17.6 Å². The van der Waals surface area contributed by atoms with Crippen LogP contribution in [0.1, 0.15) is 11.1 Å². The van der Waals surface area contributed by atoms with E-state index in [0.717, 1.165) is 23.4 Å². The molecular formula is C21H26N4O4. The van der Waals surface area contributed by atoms with Crippen molar-refractivity contribution in [3.8, 4) is 11.5 Å². The summed E-state index contributed by atoms with van der Waals surface area (Å²) in [4.78, 5) is 25.7. The van der Waals surface area contributed by atoms with Gasteiger partial charge in [0.15, 0.2) is 0 Å². The zero-order valence-electron chi connectivity index (χ0n) is 16.7. The smallest absolute Gasteiger partial charge is 0.315 e. The van der Waals surface area contributed by atoms with Crippen molar-refractivity contribution in [3.05, 3.63) is 53.6 Å². The predicted molar refractivity (Wildman–Crippen MR) is 110 cm³/mol. The van der Waals surface area contributed by atoms with E-state index in [-0.39, 0.29) is 11.9 Å². The Hall–Kier alpha value is -3.42. The van der Waals surface area contributed by atoms with Gasteiger partial charge in [-0.2, -0.15) is 0 Å². The number of carbonyl (C=O) groups excluding carboxylic acids is 2. The summed E-state index contributed by atoms with van der Waals surface area (Å²) in [5.41, 5.74) is 2.86. The third-order valence-electron chi connectivity index (χ3n) is 4.66. The first-order valence-corrected chi connectivity index (χ1v) is 9.41. The van der Waals surface area contributed by atoms with Gasteiger partial charge in [-0.1, -0.05) is 12.1 Å². The van der Waals surface area contributed by atoms with Crippen molar-refractivity contribution in [1.29, 1.82) is 0 Å². The molecule has 1 heterocycles. The highest BCUT2D eigenvalue weighted by Crippen LogP contribution is 2.22. The molecule has 0 aromatic heterocycles. The molecule has 8 nitrogen and oxygen atoms in total. The first-order valence-electron chi connectivity index (χ1n) is 9.41. The first-order chi connectivity index (χ1) is 14.1. The Morgan fingerprint density at radius 2 is 1.62 bits per heavy atom. The number of urea groups is 1. The van der Waals surface area contributed by atoms with Crippen LogP contribution in [0.3, 0.4) is 0 Å². The number of carbonyl (C=O) groups is 2. The molecule has 0 aliphatic carbocycles. The predicted octanol–water partition coefficient (Wildman–Crippen LogP) is 1.64. The normalized spacial score (nSPS) is 13.4. The summed E-state index contributed by atoms with van der Waals surface area (Å²) >= 11 is 0. The van der Waals surface area contributed by atoms with Crippen molar-refractivity contribution in [2.75, 3.05) is 38.8 Å². The second-order valence-electron chi connectivity index (χ2n) is 6.70. The number of piperazine rings is 1. The minimum Gasteiger partial charge on any atom is -0.497 e. The molecule has 1 aliphatic heterocycles. The number of nitrogens with one attached hydrogen (secondary N) is 3. The van der Waals surface area contributed by atoms with Crippen LogP contribution >= 0.6 is 0 Å². The third kappa shape index (κ3) is 5.78. The van der Waals surface area contributed by atoms with Crippen LogP contribution < -0.4 is 30.3 Å². The maximum absolute atomic E-state index is 12.1. The molecule has 0 bridgehead atoms. The Balaban J connectivity index is 1.47. The SMILES string of the molecule is COc1cc(CNC(=O)NCc2ccc(N3CCNC(=O)C3)cc2)cc(OC)c1. The van der Waals surface area contributed by atoms with Gasteiger partial charge in [0.1, 0.15) is 11.5 Å². The van der Waals surface area contributed by atoms with Gasteiger partial charge in [-0.25, -0.2) is 4.79 Å². The number of ether oxygens (including phenoxy) is 2. The van der Waals surface area contributed by atoms with Crippen molar-refractivity contribution in [2.24, 2.45) is 0 Å². The quantitative estimate of drug-likeness (QED) is 0.660. The monoisotopic (exact) mass is 398 g/mol. The lowest BCUT2D eigenvalue weighted by Crippen LogP contribution is -2.47. The van der Waals surface area contributed by atoms with E-state index in [2.05, 4.69) is 16.0 Å². The largest absolute Gasteiger partial charge is 0.497 e. The first kappa shape index (κ1) is 20.3. The second-order valence-corrected chi connectivity index (χ2v) is 6.70. The molecule has 8 heteroatoms. The zero-order chi connectivity index (χ0) is 20.6. The van der Waals surface area contributed by atoms with E-state index in [1.54, 1.807) is 20.3 Å². The summed E-state index contributed by atoms with van der Waals surface area (Å²) in [6, 6.07) is 13.1. The highest BCUT2D eigenvalue weighted by atomic mass is 16.5.